The van der Waals surface area contributed by atoms with Gasteiger partial charge in [-0.1, -0.05) is 65.7 Å². The van der Waals surface area contributed by atoms with Crippen molar-refractivity contribution >= 4 is 34.1 Å². The van der Waals surface area contributed by atoms with Crippen molar-refractivity contribution in [2.75, 3.05) is 31.1 Å². The molecule has 1 aliphatic heterocycles. The molecule has 0 saturated carbocycles. The summed E-state index contributed by atoms with van der Waals surface area (Å²) in [5.74, 6) is 1.13. The molecule has 0 radical (unpaired) electrons. The summed E-state index contributed by atoms with van der Waals surface area (Å²) in [4.78, 5) is 9.96. The Labute approximate surface area is 234 Å². The van der Waals surface area contributed by atoms with Crippen LogP contribution >= 0.6 is 11.6 Å². The van der Waals surface area contributed by atoms with Crippen LogP contribution in [0.4, 0.5) is 5.82 Å². The van der Waals surface area contributed by atoms with Crippen molar-refractivity contribution in [1.29, 1.82) is 5.26 Å². The number of hydrogen-bond donors (Lipinski definition) is 0. The van der Waals surface area contributed by atoms with Gasteiger partial charge >= 0.3 is 0 Å². The number of rotatable bonds is 5. The van der Waals surface area contributed by atoms with E-state index in [2.05, 4.69) is 71.4 Å². The topological polar surface area (TPSA) is 47.6 Å². The molecule has 0 N–H and O–H groups in total. The van der Waals surface area contributed by atoms with Gasteiger partial charge in [0.2, 0.25) is 0 Å². The first-order valence-electron chi connectivity index (χ1n) is 13.5. The molecule has 39 heavy (non-hydrogen) atoms. The summed E-state index contributed by atoms with van der Waals surface area (Å²) in [5, 5.41) is 11.0. The molecule has 5 aromatic rings. The van der Waals surface area contributed by atoms with Crippen LogP contribution < -0.4 is 4.90 Å². The van der Waals surface area contributed by atoms with Crippen molar-refractivity contribution in [2.45, 2.75) is 33.7 Å². The number of fused-ring (bicyclic) bond motifs is 3. The molecule has 1 fully saturated rings. The highest BCUT2D eigenvalue weighted by Gasteiger charge is 2.27. The van der Waals surface area contributed by atoms with E-state index in [0.717, 1.165) is 76.9 Å². The molecule has 2 aromatic heterocycles. The van der Waals surface area contributed by atoms with Gasteiger partial charge in [0.05, 0.1) is 16.6 Å². The molecule has 0 aliphatic carbocycles. The summed E-state index contributed by atoms with van der Waals surface area (Å²) in [6, 6.07) is 25.4. The van der Waals surface area contributed by atoms with Crippen LogP contribution in [0.25, 0.3) is 16.7 Å². The first-order chi connectivity index (χ1) is 18.9. The van der Waals surface area contributed by atoms with Gasteiger partial charge < -0.3 is 4.90 Å². The summed E-state index contributed by atoms with van der Waals surface area (Å²) in [5.41, 5.74) is 10.5. The highest BCUT2D eigenvalue weighted by atomic mass is 35.5. The van der Waals surface area contributed by atoms with Crippen LogP contribution in [0.5, 0.6) is 0 Å². The van der Waals surface area contributed by atoms with Gasteiger partial charge in [0.1, 0.15) is 11.9 Å². The van der Waals surface area contributed by atoms with Crippen LogP contribution in [0.2, 0.25) is 5.02 Å². The number of anilines is 1. The monoisotopic (exact) mass is 533 g/mol. The summed E-state index contributed by atoms with van der Waals surface area (Å²) < 4.78 is 2.22. The lowest BCUT2D eigenvalue weighted by atomic mass is 9.97. The fourth-order valence-corrected chi connectivity index (χ4v) is 6.12. The minimum Gasteiger partial charge on any atom is -0.355 e. The molecule has 6 rings (SSSR count). The Morgan fingerprint density at radius 3 is 2.38 bits per heavy atom. The van der Waals surface area contributed by atoms with Gasteiger partial charge in [0.25, 0.3) is 0 Å². The normalized spacial score (nSPS) is 14.3. The second-order valence-corrected chi connectivity index (χ2v) is 11.0. The number of hydrogen-bond acceptors (Lipinski definition) is 4. The molecule has 3 heterocycles. The van der Waals surface area contributed by atoms with E-state index in [9.17, 15) is 5.26 Å². The van der Waals surface area contributed by atoms with Crippen molar-refractivity contribution in [3.8, 4) is 6.07 Å². The second kappa shape index (κ2) is 10.4. The highest BCUT2D eigenvalue weighted by molar-refractivity contribution is 6.31. The van der Waals surface area contributed by atoms with Crippen molar-refractivity contribution in [3.05, 3.63) is 111 Å². The smallest absolute Gasteiger partial charge is 0.157 e. The molecule has 1 aliphatic rings. The molecule has 196 valence electrons. The number of aromatic nitrogens is 2. The molecule has 0 spiro atoms. The van der Waals surface area contributed by atoms with Gasteiger partial charge in [-0.25, -0.2) is 4.98 Å². The number of aryl methyl sites for hydroxylation is 2. The van der Waals surface area contributed by atoms with Gasteiger partial charge in [-0.05, 0) is 61.2 Å². The zero-order chi connectivity index (χ0) is 27.1. The molecule has 0 atom stereocenters. The quantitative estimate of drug-likeness (QED) is 0.248. The predicted octanol–water partition coefficient (Wildman–Crippen LogP) is 6.85. The first-order valence-corrected chi connectivity index (χ1v) is 13.9. The van der Waals surface area contributed by atoms with Crippen LogP contribution in [0.1, 0.15) is 38.9 Å². The van der Waals surface area contributed by atoms with E-state index in [1.54, 1.807) is 0 Å². The maximum absolute atomic E-state index is 10.3. The summed E-state index contributed by atoms with van der Waals surface area (Å²) in [6.07, 6.45) is 0.654. The molecule has 0 unspecified atom stereocenters. The van der Waals surface area contributed by atoms with E-state index in [1.165, 1.54) is 16.7 Å². The third-order valence-electron chi connectivity index (χ3n) is 8.09. The third-order valence-corrected chi connectivity index (χ3v) is 8.46. The maximum atomic E-state index is 10.3. The SMILES string of the molecule is Cc1ccc(CN2CCN(c3c(Cc4ccccc4Cl)c(C)c(C#N)c4nc5ccccc5n34)CC2)c(C)c1. The van der Waals surface area contributed by atoms with Gasteiger partial charge in [0, 0.05) is 49.7 Å². The standard InChI is InChI=1S/C33H32ClN5/c1-22-12-13-26(23(2)18-22)21-37-14-16-38(17-15-37)33-27(19-25-8-4-5-9-29(25)34)24(3)28(20-35)32-36-30-10-6-7-11-31(30)39(32)33/h4-13,18H,14-17,19,21H2,1-3H3. The van der Waals surface area contributed by atoms with E-state index in [1.807, 2.05) is 36.4 Å². The number of benzene rings is 3. The molecular weight excluding hydrogens is 502 g/mol. The van der Waals surface area contributed by atoms with E-state index in [0.29, 0.717) is 12.0 Å². The summed E-state index contributed by atoms with van der Waals surface area (Å²) in [6.45, 7) is 11.1. The minimum atomic E-state index is 0.630. The Bertz CT molecular complexity index is 1740. The van der Waals surface area contributed by atoms with Crippen LogP contribution in [-0.2, 0) is 13.0 Å². The van der Waals surface area contributed by atoms with Gasteiger partial charge in [-0.2, -0.15) is 5.26 Å². The van der Waals surface area contributed by atoms with Crippen molar-refractivity contribution in [2.24, 2.45) is 0 Å². The van der Waals surface area contributed by atoms with Gasteiger partial charge in [-0.15, -0.1) is 0 Å². The van der Waals surface area contributed by atoms with Crippen molar-refractivity contribution < 1.29 is 0 Å². The molecule has 6 heteroatoms. The second-order valence-electron chi connectivity index (χ2n) is 10.6. The molecule has 5 nitrogen and oxygen atoms in total. The molecule has 3 aromatic carbocycles. The largest absolute Gasteiger partial charge is 0.355 e. The van der Waals surface area contributed by atoms with Crippen LogP contribution in [0.15, 0.2) is 66.7 Å². The van der Waals surface area contributed by atoms with Crippen molar-refractivity contribution in [1.82, 2.24) is 14.3 Å². The fraction of sp³-hybridized carbons (Fsp3) is 0.273. The molecule has 0 amide bonds. The number of nitrogens with zero attached hydrogens (tertiary/aromatic N) is 5. The van der Waals surface area contributed by atoms with E-state index in [4.69, 9.17) is 16.6 Å². The maximum Gasteiger partial charge on any atom is 0.157 e. The minimum absolute atomic E-state index is 0.630. The van der Waals surface area contributed by atoms with Crippen LogP contribution in [-0.4, -0.2) is 40.5 Å². The number of imidazole rings is 1. The molecular formula is C33H32ClN5. The van der Waals surface area contributed by atoms with Crippen molar-refractivity contribution in [3.63, 3.8) is 0 Å². The van der Waals surface area contributed by atoms with Crippen LogP contribution in [0.3, 0.4) is 0 Å². The van der Waals surface area contributed by atoms with E-state index < -0.39 is 0 Å². The Morgan fingerprint density at radius 1 is 0.897 bits per heavy atom. The lowest BCUT2D eigenvalue weighted by Gasteiger charge is -2.38. The lowest BCUT2D eigenvalue weighted by molar-refractivity contribution is 0.248. The number of nitriles is 1. The van der Waals surface area contributed by atoms with Gasteiger partial charge in [0.15, 0.2) is 5.65 Å². The first kappa shape index (κ1) is 25.4. The summed E-state index contributed by atoms with van der Waals surface area (Å²) in [7, 11) is 0. The summed E-state index contributed by atoms with van der Waals surface area (Å²) >= 11 is 6.64. The van der Waals surface area contributed by atoms with E-state index >= 15 is 0 Å². The number of halogens is 1. The van der Waals surface area contributed by atoms with Crippen LogP contribution in [0, 0.1) is 32.1 Å². The predicted molar refractivity (Wildman–Crippen MR) is 160 cm³/mol. The van der Waals surface area contributed by atoms with Gasteiger partial charge in [-0.3, -0.25) is 9.30 Å². The van der Waals surface area contributed by atoms with E-state index in [-0.39, 0.29) is 0 Å². The number of piperazine rings is 1. The highest BCUT2D eigenvalue weighted by Crippen LogP contribution is 2.36. The zero-order valence-corrected chi connectivity index (χ0v) is 23.5. The Kier molecular flexibility index (Phi) is 6.76. The average Bonchev–Trinajstić information content (AvgIpc) is 3.31. The Hall–Kier alpha value is -3.85. The zero-order valence-electron chi connectivity index (χ0n) is 22.7. The average molecular weight is 534 g/mol. The lowest BCUT2D eigenvalue weighted by Crippen LogP contribution is -2.47. The molecule has 0 bridgehead atoms. The Morgan fingerprint density at radius 2 is 1.64 bits per heavy atom. The third kappa shape index (κ3) is 4.65. The fourth-order valence-electron chi connectivity index (χ4n) is 5.92. The Balaban J connectivity index is 1.44. The number of para-hydroxylation sites is 2. The number of pyridine rings is 1. The molecule has 1 saturated heterocycles.